The standard InChI is InChI=1S/C12H26N2O/c1-9(2)11(8-15)12(13)10-5-4-6-14(3)7-10/h9-12,15H,4-8,13H2,1-3H3. The Kier molecular flexibility index (Phi) is 5.03. The molecule has 3 atom stereocenters. The Labute approximate surface area is 93.6 Å². The fraction of sp³-hybridized carbons (Fsp3) is 1.00. The van der Waals surface area contributed by atoms with Gasteiger partial charge in [0.05, 0.1) is 0 Å². The van der Waals surface area contributed by atoms with Gasteiger partial charge in [0, 0.05) is 19.2 Å². The molecule has 1 heterocycles. The van der Waals surface area contributed by atoms with Crippen molar-refractivity contribution in [3.05, 3.63) is 0 Å². The lowest BCUT2D eigenvalue weighted by Crippen LogP contribution is -2.48. The zero-order chi connectivity index (χ0) is 11.4. The lowest BCUT2D eigenvalue weighted by Gasteiger charge is -2.37. The second-order valence-electron chi connectivity index (χ2n) is 5.33. The van der Waals surface area contributed by atoms with Gasteiger partial charge in [-0.3, -0.25) is 0 Å². The molecule has 15 heavy (non-hydrogen) atoms. The maximum atomic E-state index is 9.37. The fourth-order valence-corrected chi connectivity index (χ4v) is 2.65. The first-order valence-corrected chi connectivity index (χ1v) is 6.11. The third kappa shape index (κ3) is 3.44. The van der Waals surface area contributed by atoms with E-state index in [0.29, 0.717) is 11.8 Å². The summed E-state index contributed by atoms with van der Waals surface area (Å²) in [5.74, 6) is 1.28. The minimum atomic E-state index is 0.151. The average Bonchev–Trinajstić information content (AvgIpc) is 2.18. The third-order valence-corrected chi connectivity index (χ3v) is 3.77. The molecule has 1 saturated heterocycles. The first kappa shape index (κ1) is 12.9. The van der Waals surface area contributed by atoms with Gasteiger partial charge in [0.25, 0.3) is 0 Å². The van der Waals surface area contributed by atoms with Crippen LogP contribution in [0.1, 0.15) is 26.7 Å². The van der Waals surface area contributed by atoms with E-state index >= 15 is 0 Å². The summed E-state index contributed by atoms with van der Waals surface area (Å²) in [7, 11) is 2.15. The van der Waals surface area contributed by atoms with Crippen molar-refractivity contribution in [3.8, 4) is 0 Å². The highest BCUT2D eigenvalue weighted by Gasteiger charge is 2.30. The van der Waals surface area contributed by atoms with Crippen LogP contribution in [-0.2, 0) is 0 Å². The number of hydrogen-bond donors (Lipinski definition) is 2. The van der Waals surface area contributed by atoms with Crippen LogP contribution in [0.2, 0.25) is 0 Å². The van der Waals surface area contributed by atoms with Gasteiger partial charge in [0.2, 0.25) is 0 Å². The Bertz CT molecular complexity index is 184. The second-order valence-corrected chi connectivity index (χ2v) is 5.33. The van der Waals surface area contributed by atoms with Crippen LogP contribution >= 0.6 is 0 Å². The molecular formula is C12H26N2O. The van der Waals surface area contributed by atoms with Crippen LogP contribution in [0.4, 0.5) is 0 Å². The molecule has 90 valence electrons. The Morgan fingerprint density at radius 1 is 1.47 bits per heavy atom. The van der Waals surface area contributed by atoms with E-state index in [0.717, 1.165) is 6.54 Å². The van der Waals surface area contributed by atoms with E-state index in [4.69, 9.17) is 5.73 Å². The summed E-state index contributed by atoms with van der Waals surface area (Å²) in [6.45, 7) is 6.79. The van der Waals surface area contributed by atoms with E-state index in [1.165, 1.54) is 19.4 Å². The summed E-state index contributed by atoms with van der Waals surface area (Å²) in [5.41, 5.74) is 6.28. The van der Waals surface area contributed by atoms with Gasteiger partial charge < -0.3 is 15.7 Å². The molecule has 0 aliphatic carbocycles. The van der Waals surface area contributed by atoms with Crippen molar-refractivity contribution in [2.75, 3.05) is 26.7 Å². The molecule has 3 heteroatoms. The SMILES string of the molecule is CC(C)C(CO)C(N)C1CCCN(C)C1. The first-order valence-electron chi connectivity index (χ1n) is 6.11. The third-order valence-electron chi connectivity index (χ3n) is 3.77. The Hall–Kier alpha value is -0.120. The number of nitrogens with zero attached hydrogens (tertiary/aromatic N) is 1. The van der Waals surface area contributed by atoms with Crippen molar-refractivity contribution >= 4 is 0 Å². The van der Waals surface area contributed by atoms with Crippen molar-refractivity contribution in [3.63, 3.8) is 0 Å². The maximum absolute atomic E-state index is 9.37. The van der Waals surface area contributed by atoms with E-state index in [1.807, 2.05) is 0 Å². The molecule has 0 amide bonds. The molecule has 1 rings (SSSR count). The molecule has 1 aliphatic rings. The Morgan fingerprint density at radius 3 is 2.60 bits per heavy atom. The van der Waals surface area contributed by atoms with Crippen molar-refractivity contribution in [1.29, 1.82) is 0 Å². The van der Waals surface area contributed by atoms with Crippen LogP contribution in [-0.4, -0.2) is 42.8 Å². The van der Waals surface area contributed by atoms with Gasteiger partial charge in [-0.2, -0.15) is 0 Å². The summed E-state index contributed by atoms with van der Waals surface area (Å²) >= 11 is 0. The summed E-state index contributed by atoms with van der Waals surface area (Å²) < 4.78 is 0. The monoisotopic (exact) mass is 214 g/mol. The average molecular weight is 214 g/mol. The molecule has 0 bridgehead atoms. The van der Waals surface area contributed by atoms with E-state index in [-0.39, 0.29) is 18.6 Å². The van der Waals surface area contributed by atoms with Gasteiger partial charge in [-0.25, -0.2) is 0 Å². The van der Waals surface area contributed by atoms with Gasteiger partial charge in [-0.05, 0) is 44.2 Å². The molecule has 1 aliphatic heterocycles. The topological polar surface area (TPSA) is 49.5 Å². The van der Waals surface area contributed by atoms with E-state index in [9.17, 15) is 5.11 Å². The zero-order valence-corrected chi connectivity index (χ0v) is 10.3. The number of likely N-dealkylation sites (tertiary alicyclic amines) is 1. The van der Waals surface area contributed by atoms with Crippen LogP contribution in [0.15, 0.2) is 0 Å². The molecule has 3 unspecified atom stereocenters. The number of piperidine rings is 1. The molecule has 0 aromatic carbocycles. The van der Waals surface area contributed by atoms with Crippen LogP contribution in [0.3, 0.4) is 0 Å². The fourth-order valence-electron chi connectivity index (χ4n) is 2.65. The van der Waals surface area contributed by atoms with Crippen LogP contribution in [0, 0.1) is 17.8 Å². The van der Waals surface area contributed by atoms with Crippen molar-refractivity contribution in [1.82, 2.24) is 4.90 Å². The molecular weight excluding hydrogens is 188 g/mol. The van der Waals surface area contributed by atoms with Gasteiger partial charge in [-0.1, -0.05) is 13.8 Å². The van der Waals surface area contributed by atoms with Gasteiger partial charge in [0.15, 0.2) is 0 Å². The van der Waals surface area contributed by atoms with Gasteiger partial charge in [-0.15, -0.1) is 0 Å². The van der Waals surface area contributed by atoms with Gasteiger partial charge in [0.1, 0.15) is 0 Å². The van der Waals surface area contributed by atoms with Gasteiger partial charge >= 0.3 is 0 Å². The molecule has 3 N–H and O–H groups in total. The molecule has 0 radical (unpaired) electrons. The molecule has 0 aromatic rings. The molecule has 0 spiro atoms. The van der Waals surface area contributed by atoms with E-state index in [2.05, 4.69) is 25.8 Å². The number of hydrogen-bond acceptors (Lipinski definition) is 3. The minimum Gasteiger partial charge on any atom is -0.396 e. The van der Waals surface area contributed by atoms with E-state index < -0.39 is 0 Å². The molecule has 1 fully saturated rings. The minimum absolute atomic E-state index is 0.151. The number of rotatable bonds is 4. The van der Waals surface area contributed by atoms with E-state index in [1.54, 1.807) is 0 Å². The highest BCUT2D eigenvalue weighted by molar-refractivity contribution is 4.85. The quantitative estimate of drug-likeness (QED) is 0.731. The first-order chi connectivity index (χ1) is 7.06. The lowest BCUT2D eigenvalue weighted by molar-refractivity contribution is 0.105. The summed E-state index contributed by atoms with van der Waals surface area (Å²) in [5, 5.41) is 9.37. The number of aliphatic hydroxyl groups excluding tert-OH is 1. The van der Waals surface area contributed by atoms with Crippen molar-refractivity contribution in [2.45, 2.75) is 32.7 Å². The number of nitrogens with two attached hydrogens (primary N) is 1. The van der Waals surface area contributed by atoms with Crippen LogP contribution in [0.25, 0.3) is 0 Å². The predicted octanol–water partition coefficient (Wildman–Crippen LogP) is 0.920. The maximum Gasteiger partial charge on any atom is 0.0476 e. The largest absolute Gasteiger partial charge is 0.396 e. The highest BCUT2D eigenvalue weighted by Crippen LogP contribution is 2.25. The Morgan fingerprint density at radius 2 is 2.13 bits per heavy atom. The smallest absolute Gasteiger partial charge is 0.0476 e. The zero-order valence-electron chi connectivity index (χ0n) is 10.3. The lowest BCUT2D eigenvalue weighted by atomic mass is 9.79. The second kappa shape index (κ2) is 5.83. The molecule has 3 nitrogen and oxygen atoms in total. The van der Waals surface area contributed by atoms with Crippen LogP contribution in [0.5, 0.6) is 0 Å². The van der Waals surface area contributed by atoms with Crippen molar-refractivity contribution < 1.29 is 5.11 Å². The summed E-state index contributed by atoms with van der Waals surface area (Å²) in [4.78, 5) is 2.35. The number of aliphatic hydroxyl groups is 1. The molecule has 0 saturated carbocycles. The summed E-state index contributed by atoms with van der Waals surface area (Å²) in [6.07, 6.45) is 2.46. The predicted molar refractivity (Wildman–Crippen MR) is 63.6 cm³/mol. The highest BCUT2D eigenvalue weighted by atomic mass is 16.3. The summed E-state index contributed by atoms with van der Waals surface area (Å²) in [6, 6.07) is 0.151. The van der Waals surface area contributed by atoms with Crippen LogP contribution < -0.4 is 5.73 Å². The Balaban J connectivity index is 2.53. The molecule has 0 aromatic heterocycles. The van der Waals surface area contributed by atoms with Crippen molar-refractivity contribution in [2.24, 2.45) is 23.5 Å². The normalized spacial score (nSPS) is 28.0.